The van der Waals surface area contributed by atoms with Gasteiger partial charge in [-0.1, -0.05) is 60.1 Å². The fourth-order valence-corrected chi connectivity index (χ4v) is 6.20. The number of benzene rings is 4. The van der Waals surface area contributed by atoms with Crippen LogP contribution in [-0.4, -0.2) is 4.40 Å². The average Bonchev–Trinajstić information content (AvgIpc) is 3.21. The number of para-hydroxylation sites is 2. The lowest BCUT2D eigenvalue weighted by atomic mass is 10.0. The van der Waals surface area contributed by atoms with E-state index in [1.165, 1.54) is 58.3 Å². The van der Waals surface area contributed by atoms with Gasteiger partial charge in [0.2, 0.25) is 0 Å². The normalized spacial score (nSPS) is 12.6. The van der Waals surface area contributed by atoms with Crippen LogP contribution in [0.3, 0.4) is 0 Å². The summed E-state index contributed by atoms with van der Waals surface area (Å²) in [7, 11) is 0. The summed E-state index contributed by atoms with van der Waals surface area (Å²) in [5, 5.41) is 8.60. The molecule has 3 heterocycles. The number of aromatic nitrogens is 1. The van der Waals surface area contributed by atoms with Crippen molar-refractivity contribution in [2.45, 2.75) is 0 Å². The van der Waals surface area contributed by atoms with Gasteiger partial charge in [0.05, 0.1) is 26.3 Å². The third kappa shape index (κ3) is 1.58. The summed E-state index contributed by atoms with van der Waals surface area (Å²) in [4.78, 5) is 0. The van der Waals surface area contributed by atoms with Crippen LogP contribution in [-0.2, 0) is 0 Å². The van der Waals surface area contributed by atoms with Crippen LogP contribution in [0.2, 0.25) is 5.02 Å². The quantitative estimate of drug-likeness (QED) is 0.252. The van der Waals surface area contributed by atoms with Crippen molar-refractivity contribution in [1.82, 2.24) is 4.40 Å². The highest BCUT2D eigenvalue weighted by molar-refractivity contribution is 7.26. The van der Waals surface area contributed by atoms with Crippen LogP contribution in [0.4, 0.5) is 0 Å². The van der Waals surface area contributed by atoms with Crippen molar-refractivity contribution in [3.63, 3.8) is 0 Å². The fraction of sp³-hybridized carbons (Fsp3) is 0. The molecule has 0 radical (unpaired) electrons. The highest BCUT2D eigenvalue weighted by atomic mass is 35.5. The summed E-state index contributed by atoms with van der Waals surface area (Å²) in [6.45, 7) is 0. The molecular weight excluding hydrogens is 370 g/mol. The molecule has 3 aromatic heterocycles. The Morgan fingerprint density at radius 1 is 0.630 bits per heavy atom. The van der Waals surface area contributed by atoms with E-state index in [2.05, 4.69) is 71.1 Å². The number of halogens is 1. The third-order valence-corrected chi connectivity index (χ3v) is 7.42. The van der Waals surface area contributed by atoms with E-state index >= 15 is 0 Å². The molecule has 0 bridgehead atoms. The van der Waals surface area contributed by atoms with E-state index in [0.29, 0.717) is 0 Å². The molecule has 0 unspecified atom stereocenters. The van der Waals surface area contributed by atoms with Gasteiger partial charge in [-0.25, -0.2) is 0 Å². The SMILES string of the molecule is Clc1ccc2c3cccc4c5ccccc5n(c5cccc6sc1c2c65)c34. The van der Waals surface area contributed by atoms with E-state index in [1.54, 1.807) is 11.3 Å². The lowest BCUT2D eigenvalue weighted by Crippen LogP contribution is -1.84. The average molecular weight is 382 g/mol. The van der Waals surface area contributed by atoms with Gasteiger partial charge < -0.3 is 4.40 Å². The Hall–Kier alpha value is -2.81. The Morgan fingerprint density at radius 2 is 1.37 bits per heavy atom. The van der Waals surface area contributed by atoms with Crippen LogP contribution >= 0.6 is 22.9 Å². The number of thiophene rings is 1. The number of hydrogen-bond donors (Lipinski definition) is 0. The molecule has 0 aliphatic carbocycles. The lowest BCUT2D eigenvalue weighted by molar-refractivity contribution is 1.36. The molecule has 0 N–H and O–H groups in total. The Bertz CT molecular complexity index is 1690. The molecule has 0 atom stereocenters. The summed E-state index contributed by atoms with van der Waals surface area (Å²) in [6, 6.07) is 26.2. The largest absolute Gasteiger partial charge is 0.308 e. The molecule has 0 aliphatic heterocycles. The van der Waals surface area contributed by atoms with Gasteiger partial charge in [0.25, 0.3) is 0 Å². The van der Waals surface area contributed by atoms with Gasteiger partial charge in [-0.3, -0.25) is 0 Å². The van der Waals surface area contributed by atoms with Crippen molar-refractivity contribution in [3.05, 3.63) is 77.8 Å². The monoisotopic (exact) mass is 381 g/mol. The molecule has 126 valence electrons. The van der Waals surface area contributed by atoms with E-state index < -0.39 is 0 Å². The fourth-order valence-electron chi connectivity index (χ4n) is 4.77. The van der Waals surface area contributed by atoms with Crippen molar-refractivity contribution < 1.29 is 0 Å². The molecule has 0 amide bonds. The van der Waals surface area contributed by atoms with Crippen molar-refractivity contribution in [2.75, 3.05) is 0 Å². The van der Waals surface area contributed by atoms with Crippen LogP contribution in [0.15, 0.2) is 72.8 Å². The summed E-state index contributed by atoms with van der Waals surface area (Å²) >= 11 is 8.41. The number of hydrogen-bond acceptors (Lipinski definition) is 1. The number of rotatable bonds is 0. The Kier molecular flexibility index (Phi) is 2.49. The van der Waals surface area contributed by atoms with Gasteiger partial charge >= 0.3 is 0 Å². The van der Waals surface area contributed by atoms with Crippen molar-refractivity contribution in [2.24, 2.45) is 0 Å². The maximum absolute atomic E-state index is 6.62. The highest BCUT2D eigenvalue weighted by Gasteiger charge is 2.19. The van der Waals surface area contributed by atoms with E-state index in [4.69, 9.17) is 11.6 Å². The summed E-state index contributed by atoms with van der Waals surface area (Å²) in [6.07, 6.45) is 0. The molecule has 27 heavy (non-hydrogen) atoms. The predicted octanol–water partition coefficient (Wildman–Crippen LogP) is 7.86. The molecule has 1 nitrogen and oxygen atoms in total. The minimum atomic E-state index is 0.838. The smallest absolute Gasteiger partial charge is 0.0619 e. The molecule has 0 aliphatic rings. The van der Waals surface area contributed by atoms with Crippen molar-refractivity contribution >= 4 is 81.2 Å². The Balaban J connectivity index is 2.05. The Morgan fingerprint density at radius 3 is 2.30 bits per heavy atom. The minimum Gasteiger partial charge on any atom is -0.308 e. The molecule has 7 aromatic rings. The second-order valence-electron chi connectivity index (χ2n) is 7.11. The highest BCUT2D eigenvalue weighted by Crippen LogP contribution is 2.46. The van der Waals surface area contributed by atoms with Gasteiger partial charge in [0.15, 0.2) is 0 Å². The summed E-state index contributed by atoms with van der Waals surface area (Å²) in [5.41, 5.74) is 3.79. The van der Waals surface area contributed by atoms with Gasteiger partial charge in [-0.05, 0) is 29.7 Å². The van der Waals surface area contributed by atoms with Gasteiger partial charge in [-0.15, -0.1) is 11.3 Å². The van der Waals surface area contributed by atoms with Crippen LogP contribution in [0.1, 0.15) is 0 Å². The number of fused-ring (bicyclic) bond motifs is 5. The molecular formula is C24H12ClNS. The molecule has 3 heteroatoms. The van der Waals surface area contributed by atoms with Crippen molar-refractivity contribution in [1.29, 1.82) is 0 Å². The zero-order valence-corrected chi connectivity index (χ0v) is 15.7. The zero-order chi connectivity index (χ0) is 17.7. The molecule has 0 saturated carbocycles. The first kappa shape index (κ1) is 14.3. The minimum absolute atomic E-state index is 0.838. The van der Waals surface area contributed by atoms with E-state index in [-0.39, 0.29) is 0 Å². The van der Waals surface area contributed by atoms with Gasteiger partial charge in [0, 0.05) is 31.6 Å². The van der Waals surface area contributed by atoms with Crippen LogP contribution in [0.25, 0.3) is 58.3 Å². The predicted molar refractivity (Wildman–Crippen MR) is 119 cm³/mol. The topological polar surface area (TPSA) is 4.41 Å². The zero-order valence-electron chi connectivity index (χ0n) is 14.2. The van der Waals surface area contributed by atoms with Crippen LogP contribution in [0.5, 0.6) is 0 Å². The van der Waals surface area contributed by atoms with Crippen LogP contribution in [0, 0.1) is 0 Å². The van der Waals surface area contributed by atoms with E-state index in [9.17, 15) is 0 Å². The molecule has 0 saturated heterocycles. The number of nitrogens with zero attached hydrogens (tertiary/aromatic N) is 1. The molecule has 0 spiro atoms. The molecule has 0 fully saturated rings. The summed E-state index contributed by atoms with van der Waals surface area (Å²) < 4.78 is 4.92. The maximum atomic E-state index is 6.62. The third-order valence-electron chi connectivity index (χ3n) is 5.80. The standard InChI is InChI=1S/C24H12ClNS/c25-17-12-11-14-16-7-3-6-15-13-5-1-2-8-18(13)26(23(15)16)19-9-4-10-20-22(19)21(14)24(17)27-20/h1-12H. The first-order chi connectivity index (χ1) is 13.3. The van der Waals surface area contributed by atoms with Crippen LogP contribution < -0.4 is 0 Å². The lowest BCUT2D eigenvalue weighted by Gasteiger charge is -2.01. The second-order valence-corrected chi connectivity index (χ2v) is 8.57. The molecule has 7 rings (SSSR count). The maximum Gasteiger partial charge on any atom is 0.0619 e. The summed E-state index contributed by atoms with van der Waals surface area (Å²) in [5.74, 6) is 0. The Labute approximate surface area is 163 Å². The first-order valence-corrected chi connectivity index (χ1v) is 10.2. The van der Waals surface area contributed by atoms with E-state index in [0.717, 1.165) is 5.02 Å². The first-order valence-electron chi connectivity index (χ1n) is 8.99. The van der Waals surface area contributed by atoms with Gasteiger partial charge in [-0.2, -0.15) is 0 Å². The molecule has 4 aromatic carbocycles. The van der Waals surface area contributed by atoms with Crippen molar-refractivity contribution in [3.8, 4) is 0 Å². The van der Waals surface area contributed by atoms with E-state index in [1.807, 2.05) is 6.07 Å². The van der Waals surface area contributed by atoms with Gasteiger partial charge in [0.1, 0.15) is 0 Å². The second kappa shape index (κ2) is 4.72.